The maximum absolute atomic E-state index is 11.6. The van der Waals surface area contributed by atoms with Gasteiger partial charge in [-0.05, 0) is 24.1 Å². The first-order valence-corrected chi connectivity index (χ1v) is 8.81. The van der Waals surface area contributed by atoms with Crippen molar-refractivity contribution >= 4 is 37.4 Å². The molecule has 1 amide bonds. The number of alkyl halides is 1. The topological polar surface area (TPSA) is 54.5 Å². The van der Waals surface area contributed by atoms with Gasteiger partial charge in [0.25, 0.3) is 0 Å². The maximum Gasteiger partial charge on any atom is 0.231 e. The highest BCUT2D eigenvalue weighted by Gasteiger charge is 2.28. The molecule has 4 nitrogen and oxygen atoms in total. The summed E-state index contributed by atoms with van der Waals surface area (Å²) in [5, 5.41) is -0.514. The number of halogens is 1. The minimum Gasteiger partial charge on any atom is -0.315 e. The van der Waals surface area contributed by atoms with Crippen LogP contribution >= 0.6 is 15.9 Å². The molecule has 0 spiro atoms. The monoisotopic (exact) mass is 345 g/mol. The van der Waals surface area contributed by atoms with E-state index < -0.39 is 15.1 Å². The van der Waals surface area contributed by atoms with Crippen LogP contribution in [0.3, 0.4) is 0 Å². The summed E-state index contributed by atoms with van der Waals surface area (Å²) in [4.78, 5) is 13.0. The Kier molecular flexibility index (Phi) is 3.75. The van der Waals surface area contributed by atoms with Crippen molar-refractivity contribution in [1.29, 1.82) is 0 Å². The maximum atomic E-state index is 11.6. The van der Waals surface area contributed by atoms with Crippen LogP contribution in [0.15, 0.2) is 18.2 Å². The summed E-state index contributed by atoms with van der Waals surface area (Å²) < 4.78 is 23.2. The number of nitrogens with zero attached hydrogens (tertiary/aromatic N) is 1. The van der Waals surface area contributed by atoms with Crippen molar-refractivity contribution in [2.75, 3.05) is 18.2 Å². The van der Waals surface area contributed by atoms with Crippen LogP contribution < -0.4 is 4.90 Å². The molecule has 0 saturated carbocycles. The Balaban J connectivity index is 2.34. The van der Waals surface area contributed by atoms with Gasteiger partial charge < -0.3 is 4.90 Å². The second-order valence-electron chi connectivity index (χ2n) is 4.95. The first-order valence-electron chi connectivity index (χ1n) is 5.94. The molecule has 1 aliphatic heterocycles. The fourth-order valence-electron chi connectivity index (χ4n) is 2.15. The average molecular weight is 346 g/mol. The van der Waals surface area contributed by atoms with Gasteiger partial charge in [0.15, 0.2) is 9.84 Å². The lowest BCUT2D eigenvalue weighted by molar-refractivity contribution is -0.117. The Morgan fingerprint density at radius 1 is 1.37 bits per heavy atom. The minimum absolute atomic E-state index is 0.0643. The van der Waals surface area contributed by atoms with Crippen molar-refractivity contribution in [3.8, 4) is 0 Å². The number of rotatable bonds is 3. The molecule has 2 atom stereocenters. The molecule has 2 unspecified atom stereocenters. The molecule has 1 aliphatic rings. The van der Waals surface area contributed by atoms with Gasteiger partial charge in [-0.2, -0.15) is 0 Å². The van der Waals surface area contributed by atoms with Crippen LogP contribution in [0, 0.1) is 0 Å². The fraction of sp³-hybridized carbons (Fsp3) is 0.462. The summed E-state index contributed by atoms with van der Waals surface area (Å²) in [6.45, 7) is 1.68. The highest BCUT2D eigenvalue weighted by molar-refractivity contribution is 9.09. The van der Waals surface area contributed by atoms with E-state index in [0.717, 1.165) is 16.8 Å². The number of likely N-dealkylation sites (N-methyl/N-ethyl adjacent to an activating group) is 1. The minimum atomic E-state index is -3.11. The Morgan fingerprint density at radius 2 is 2.00 bits per heavy atom. The number of fused-ring (bicyclic) bond motifs is 1. The highest BCUT2D eigenvalue weighted by atomic mass is 79.9. The molecule has 0 aliphatic carbocycles. The van der Waals surface area contributed by atoms with E-state index in [1.807, 2.05) is 18.2 Å². The molecule has 1 aromatic carbocycles. The second-order valence-corrected chi connectivity index (χ2v) is 8.34. The summed E-state index contributed by atoms with van der Waals surface area (Å²) in [5.74, 6) is 0.0643. The van der Waals surface area contributed by atoms with Gasteiger partial charge in [0.1, 0.15) is 0 Å². The first kappa shape index (κ1) is 14.5. The zero-order valence-electron chi connectivity index (χ0n) is 11.1. The molecular formula is C13H16BrNO3S. The highest BCUT2D eigenvalue weighted by Crippen LogP contribution is 2.35. The third kappa shape index (κ3) is 2.69. The van der Waals surface area contributed by atoms with Gasteiger partial charge in [0.05, 0.1) is 16.5 Å². The Hall–Kier alpha value is -0.880. The predicted molar refractivity (Wildman–Crippen MR) is 79.5 cm³/mol. The van der Waals surface area contributed by atoms with Crippen molar-refractivity contribution in [3.05, 3.63) is 29.3 Å². The average Bonchev–Trinajstić information content (AvgIpc) is 2.61. The summed E-state index contributed by atoms with van der Waals surface area (Å²) in [7, 11) is -1.36. The molecule has 19 heavy (non-hydrogen) atoms. The molecule has 0 radical (unpaired) electrons. The van der Waals surface area contributed by atoms with Crippen molar-refractivity contribution in [1.82, 2.24) is 0 Å². The molecule has 1 heterocycles. The van der Waals surface area contributed by atoms with Crippen LogP contribution in [0.1, 0.15) is 22.9 Å². The van der Waals surface area contributed by atoms with Gasteiger partial charge in [-0.1, -0.05) is 28.1 Å². The quantitative estimate of drug-likeness (QED) is 0.788. The number of amides is 1. The number of anilines is 1. The largest absolute Gasteiger partial charge is 0.315 e. The van der Waals surface area contributed by atoms with E-state index in [1.165, 1.54) is 6.26 Å². The fourth-order valence-corrected chi connectivity index (χ4v) is 4.20. The molecule has 0 N–H and O–H groups in total. The third-order valence-electron chi connectivity index (χ3n) is 3.59. The number of sulfone groups is 1. The molecule has 6 heteroatoms. The lowest BCUT2D eigenvalue weighted by Crippen LogP contribution is -2.21. The number of hydrogen-bond donors (Lipinski definition) is 0. The molecule has 0 aromatic heterocycles. The number of carbonyl (C=O) groups excluding carboxylic acids is 1. The normalized spacial score (nSPS) is 18.3. The smallest absolute Gasteiger partial charge is 0.231 e. The van der Waals surface area contributed by atoms with E-state index in [2.05, 4.69) is 15.9 Å². The first-order chi connectivity index (χ1) is 8.71. The van der Waals surface area contributed by atoms with Crippen LogP contribution in [0.2, 0.25) is 0 Å². The van der Waals surface area contributed by atoms with E-state index in [9.17, 15) is 13.2 Å². The van der Waals surface area contributed by atoms with Gasteiger partial charge in [0.2, 0.25) is 5.91 Å². The summed E-state index contributed by atoms with van der Waals surface area (Å²) in [5.41, 5.74) is 2.75. The molecule has 0 bridgehead atoms. The number of carbonyl (C=O) groups is 1. The van der Waals surface area contributed by atoms with Gasteiger partial charge in [-0.15, -0.1) is 0 Å². The van der Waals surface area contributed by atoms with Crippen molar-refractivity contribution in [3.63, 3.8) is 0 Å². The van der Waals surface area contributed by atoms with Crippen LogP contribution in [-0.4, -0.2) is 32.9 Å². The zero-order valence-corrected chi connectivity index (χ0v) is 13.5. The van der Waals surface area contributed by atoms with Crippen molar-refractivity contribution in [2.24, 2.45) is 0 Å². The molecule has 2 rings (SSSR count). The molecular weight excluding hydrogens is 330 g/mol. The van der Waals surface area contributed by atoms with E-state index in [0.29, 0.717) is 6.42 Å². The molecule has 0 fully saturated rings. The van der Waals surface area contributed by atoms with E-state index in [-0.39, 0.29) is 10.7 Å². The second kappa shape index (κ2) is 4.90. The van der Waals surface area contributed by atoms with Gasteiger partial charge in [-0.3, -0.25) is 4.79 Å². The number of benzene rings is 1. The van der Waals surface area contributed by atoms with Crippen LogP contribution in [-0.2, 0) is 21.1 Å². The van der Waals surface area contributed by atoms with Crippen LogP contribution in [0.25, 0.3) is 0 Å². The van der Waals surface area contributed by atoms with Gasteiger partial charge >= 0.3 is 0 Å². The SMILES string of the molecule is CC(C(Br)c1ccc2c(c1)CC(=O)N2C)S(C)(=O)=O. The molecule has 0 saturated heterocycles. The van der Waals surface area contributed by atoms with Crippen molar-refractivity contribution < 1.29 is 13.2 Å². The zero-order chi connectivity index (χ0) is 14.4. The summed E-state index contributed by atoms with van der Waals surface area (Å²) >= 11 is 3.45. The third-order valence-corrected chi connectivity index (χ3v) is 6.88. The van der Waals surface area contributed by atoms with E-state index in [1.54, 1.807) is 18.9 Å². The van der Waals surface area contributed by atoms with Crippen LogP contribution in [0.4, 0.5) is 5.69 Å². The van der Waals surface area contributed by atoms with Crippen molar-refractivity contribution in [2.45, 2.75) is 23.4 Å². The Labute approximate surface area is 121 Å². The Bertz CT molecular complexity index is 627. The lowest BCUT2D eigenvalue weighted by Gasteiger charge is -2.18. The molecule has 1 aromatic rings. The van der Waals surface area contributed by atoms with E-state index in [4.69, 9.17) is 0 Å². The standard InChI is InChI=1S/C13H16BrNO3S/c1-8(19(3,17)18)13(14)9-4-5-11-10(6-9)7-12(16)15(11)2/h4-6,8,13H,7H2,1-3H3. The van der Waals surface area contributed by atoms with Crippen LogP contribution in [0.5, 0.6) is 0 Å². The number of hydrogen-bond acceptors (Lipinski definition) is 3. The predicted octanol–water partition coefficient (Wildman–Crippen LogP) is 2.07. The lowest BCUT2D eigenvalue weighted by atomic mass is 10.0. The van der Waals surface area contributed by atoms with Gasteiger partial charge in [0, 0.05) is 19.0 Å². The van der Waals surface area contributed by atoms with Gasteiger partial charge in [-0.25, -0.2) is 8.42 Å². The molecule has 104 valence electrons. The summed E-state index contributed by atoms with van der Waals surface area (Å²) in [6, 6.07) is 5.66. The Morgan fingerprint density at radius 3 is 2.58 bits per heavy atom. The summed E-state index contributed by atoms with van der Waals surface area (Å²) in [6.07, 6.45) is 1.61. The van der Waals surface area contributed by atoms with E-state index >= 15 is 0 Å².